The SMILES string of the molecule is COc1cc(/C=C/C(=O)OC[C@](C)(O)c2cc3cc(OC)c(OC)cc3o2)ccc1O. The highest BCUT2D eigenvalue weighted by Gasteiger charge is 2.29. The molecule has 1 atom stereocenters. The van der Waals surface area contributed by atoms with E-state index in [0.29, 0.717) is 28.0 Å². The van der Waals surface area contributed by atoms with Gasteiger partial charge in [0.15, 0.2) is 28.6 Å². The van der Waals surface area contributed by atoms with Crippen LogP contribution in [0.1, 0.15) is 18.2 Å². The first-order chi connectivity index (χ1) is 14.8. The summed E-state index contributed by atoms with van der Waals surface area (Å²) >= 11 is 0. The van der Waals surface area contributed by atoms with Crippen LogP contribution in [-0.4, -0.2) is 44.1 Å². The Hall–Kier alpha value is -3.65. The molecule has 3 rings (SSSR count). The first-order valence-corrected chi connectivity index (χ1v) is 9.37. The zero-order chi connectivity index (χ0) is 22.6. The fourth-order valence-electron chi connectivity index (χ4n) is 2.92. The summed E-state index contributed by atoms with van der Waals surface area (Å²) in [7, 11) is 4.48. The maximum atomic E-state index is 12.1. The van der Waals surface area contributed by atoms with E-state index in [1.807, 2.05) is 0 Å². The smallest absolute Gasteiger partial charge is 0.330 e. The van der Waals surface area contributed by atoms with Crippen molar-refractivity contribution in [3.05, 3.63) is 53.8 Å². The molecule has 31 heavy (non-hydrogen) atoms. The number of methoxy groups -OCH3 is 3. The second kappa shape index (κ2) is 9.01. The van der Waals surface area contributed by atoms with Crippen LogP contribution in [0, 0.1) is 0 Å². The second-order valence-electron chi connectivity index (χ2n) is 7.00. The highest BCUT2D eigenvalue weighted by molar-refractivity contribution is 5.87. The zero-order valence-electron chi connectivity index (χ0n) is 17.7. The van der Waals surface area contributed by atoms with Crippen LogP contribution in [0.25, 0.3) is 17.0 Å². The fraction of sp³-hybridized carbons (Fsp3) is 0.261. The highest BCUT2D eigenvalue weighted by Crippen LogP contribution is 2.36. The number of fused-ring (bicyclic) bond motifs is 1. The first-order valence-electron chi connectivity index (χ1n) is 9.37. The minimum Gasteiger partial charge on any atom is -0.504 e. The number of hydrogen-bond donors (Lipinski definition) is 2. The van der Waals surface area contributed by atoms with Gasteiger partial charge < -0.3 is 33.6 Å². The molecule has 0 spiro atoms. The van der Waals surface area contributed by atoms with E-state index >= 15 is 0 Å². The van der Waals surface area contributed by atoms with E-state index in [0.717, 1.165) is 0 Å². The molecule has 8 heteroatoms. The zero-order valence-corrected chi connectivity index (χ0v) is 17.7. The minimum absolute atomic E-state index is 0.000603. The molecular weight excluding hydrogens is 404 g/mol. The number of hydrogen-bond acceptors (Lipinski definition) is 8. The average Bonchev–Trinajstić information content (AvgIpc) is 3.20. The van der Waals surface area contributed by atoms with Gasteiger partial charge in [0.25, 0.3) is 0 Å². The molecule has 0 aliphatic heterocycles. The monoisotopic (exact) mass is 428 g/mol. The predicted molar refractivity (Wildman–Crippen MR) is 114 cm³/mol. The van der Waals surface area contributed by atoms with Gasteiger partial charge in [-0.2, -0.15) is 0 Å². The Morgan fingerprint density at radius 1 is 1.03 bits per heavy atom. The van der Waals surface area contributed by atoms with Crippen LogP contribution < -0.4 is 14.2 Å². The third-order valence-electron chi connectivity index (χ3n) is 4.66. The topological polar surface area (TPSA) is 108 Å². The Bertz CT molecular complexity index is 1070. The lowest BCUT2D eigenvalue weighted by Crippen LogP contribution is -2.28. The molecular formula is C23H24O8. The minimum atomic E-state index is -1.55. The predicted octanol–water partition coefficient (Wildman–Crippen LogP) is 3.63. The molecule has 0 fully saturated rings. The molecule has 1 heterocycles. The van der Waals surface area contributed by atoms with Crippen LogP contribution in [0.4, 0.5) is 0 Å². The van der Waals surface area contributed by atoms with Crippen molar-refractivity contribution in [2.45, 2.75) is 12.5 Å². The van der Waals surface area contributed by atoms with Crippen LogP contribution in [0.5, 0.6) is 23.0 Å². The van der Waals surface area contributed by atoms with E-state index in [-0.39, 0.29) is 23.9 Å². The van der Waals surface area contributed by atoms with E-state index < -0.39 is 11.6 Å². The van der Waals surface area contributed by atoms with Crippen molar-refractivity contribution in [2.24, 2.45) is 0 Å². The standard InChI is InChI=1S/C23H24O8/c1-23(26,21-11-15-10-19(28-3)20(29-4)12-17(15)31-21)13-30-22(25)8-6-14-5-7-16(24)18(9-14)27-2/h5-12,24,26H,13H2,1-4H3/b8-6+/t23-/m0/s1. The quantitative estimate of drug-likeness (QED) is 0.414. The van der Waals surface area contributed by atoms with Crippen molar-refractivity contribution in [1.29, 1.82) is 0 Å². The number of furan rings is 1. The summed E-state index contributed by atoms with van der Waals surface area (Å²) in [5.41, 5.74) is -0.413. The van der Waals surface area contributed by atoms with Crippen LogP contribution in [-0.2, 0) is 15.1 Å². The van der Waals surface area contributed by atoms with Crippen LogP contribution >= 0.6 is 0 Å². The van der Waals surface area contributed by atoms with E-state index in [9.17, 15) is 15.0 Å². The molecule has 0 aliphatic rings. The molecule has 0 unspecified atom stereocenters. The van der Waals surface area contributed by atoms with Gasteiger partial charge in [0.1, 0.15) is 18.0 Å². The Balaban J connectivity index is 1.69. The summed E-state index contributed by atoms with van der Waals surface area (Å²) in [5, 5.41) is 21.1. The molecule has 8 nitrogen and oxygen atoms in total. The molecule has 0 aliphatic carbocycles. The summed E-state index contributed by atoms with van der Waals surface area (Å²) in [5.74, 6) is 0.906. The van der Waals surface area contributed by atoms with Gasteiger partial charge in [0, 0.05) is 17.5 Å². The van der Waals surface area contributed by atoms with Crippen LogP contribution in [0.2, 0.25) is 0 Å². The summed E-state index contributed by atoms with van der Waals surface area (Å²) < 4.78 is 26.5. The summed E-state index contributed by atoms with van der Waals surface area (Å²) in [6.07, 6.45) is 2.73. The van der Waals surface area contributed by atoms with Gasteiger partial charge in [0.05, 0.1) is 21.3 Å². The molecule has 0 bridgehead atoms. The largest absolute Gasteiger partial charge is 0.504 e. The van der Waals surface area contributed by atoms with E-state index in [4.69, 9.17) is 23.4 Å². The number of ether oxygens (including phenoxy) is 4. The maximum Gasteiger partial charge on any atom is 0.330 e. The molecule has 3 aromatic rings. The number of rotatable bonds is 8. The van der Waals surface area contributed by atoms with Gasteiger partial charge in [-0.05, 0) is 42.8 Å². The van der Waals surface area contributed by atoms with Crippen molar-refractivity contribution in [3.8, 4) is 23.0 Å². The first kappa shape index (κ1) is 22.0. The van der Waals surface area contributed by atoms with Gasteiger partial charge in [-0.15, -0.1) is 0 Å². The molecule has 0 radical (unpaired) electrons. The van der Waals surface area contributed by atoms with E-state index in [2.05, 4.69) is 0 Å². The van der Waals surface area contributed by atoms with E-state index in [1.165, 1.54) is 46.5 Å². The molecule has 0 saturated heterocycles. The van der Waals surface area contributed by atoms with Crippen molar-refractivity contribution < 1.29 is 38.4 Å². The lowest BCUT2D eigenvalue weighted by atomic mass is 10.0. The fourth-order valence-corrected chi connectivity index (χ4v) is 2.92. The molecule has 164 valence electrons. The maximum absolute atomic E-state index is 12.1. The number of aromatic hydroxyl groups is 1. The number of phenolic OH excluding ortho intramolecular Hbond substituents is 1. The summed E-state index contributed by atoms with van der Waals surface area (Å²) in [4.78, 5) is 12.1. The lowest BCUT2D eigenvalue weighted by Gasteiger charge is -2.19. The van der Waals surface area contributed by atoms with Crippen molar-refractivity contribution in [3.63, 3.8) is 0 Å². The molecule has 1 aromatic heterocycles. The average molecular weight is 428 g/mol. The van der Waals surface area contributed by atoms with E-state index in [1.54, 1.807) is 30.3 Å². The Morgan fingerprint density at radius 3 is 2.39 bits per heavy atom. The lowest BCUT2D eigenvalue weighted by molar-refractivity contribution is -0.146. The van der Waals surface area contributed by atoms with Gasteiger partial charge in [-0.1, -0.05) is 6.07 Å². The number of aliphatic hydroxyl groups is 1. The van der Waals surface area contributed by atoms with Crippen molar-refractivity contribution in [2.75, 3.05) is 27.9 Å². The van der Waals surface area contributed by atoms with Gasteiger partial charge in [-0.3, -0.25) is 0 Å². The summed E-state index contributed by atoms with van der Waals surface area (Å²) in [6.45, 7) is 1.17. The third kappa shape index (κ3) is 4.92. The molecule has 0 amide bonds. The number of phenols is 1. The Labute approximate surface area is 179 Å². The summed E-state index contributed by atoms with van der Waals surface area (Å²) in [6, 6.07) is 9.71. The number of carbonyl (C=O) groups excluding carboxylic acids is 1. The highest BCUT2D eigenvalue weighted by atomic mass is 16.5. The van der Waals surface area contributed by atoms with Crippen LogP contribution in [0.3, 0.4) is 0 Å². The Kier molecular flexibility index (Phi) is 6.41. The molecule has 2 aromatic carbocycles. The number of esters is 1. The van der Waals surface area contributed by atoms with Crippen molar-refractivity contribution >= 4 is 23.0 Å². The molecule has 0 saturated carbocycles. The van der Waals surface area contributed by atoms with Gasteiger partial charge in [-0.25, -0.2) is 4.79 Å². The second-order valence-corrected chi connectivity index (χ2v) is 7.00. The normalized spacial score (nSPS) is 13.2. The van der Waals surface area contributed by atoms with Gasteiger partial charge >= 0.3 is 5.97 Å². The third-order valence-corrected chi connectivity index (χ3v) is 4.66. The van der Waals surface area contributed by atoms with Gasteiger partial charge in [0.2, 0.25) is 0 Å². The number of carbonyl (C=O) groups is 1. The Morgan fingerprint density at radius 2 is 1.71 bits per heavy atom. The van der Waals surface area contributed by atoms with Crippen LogP contribution in [0.15, 0.2) is 46.9 Å². The van der Waals surface area contributed by atoms with Crippen molar-refractivity contribution in [1.82, 2.24) is 0 Å². The molecule has 2 N–H and O–H groups in total. The number of benzene rings is 2.